The zero-order valence-electron chi connectivity index (χ0n) is 17.0. The van der Waals surface area contributed by atoms with Crippen molar-refractivity contribution in [1.29, 1.82) is 0 Å². The van der Waals surface area contributed by atoms with E-state index in [1.807, 2.05) is 13.0 Å². The summed E-state index contributed by atoms with van der Waals surface area (Å²) >= 11 is 6.19. The van der Waals surface area contributed by atoms with Gasteiger partial charge < -0.3 is 25.2 Å². The number of ether oxygens (including phenoxy) is 1. The summed E-state index contributed by atoms with van der Waals surface area (Å²) in [7, 11) is 0. The number of hydrogen-bond donors (Lipinski definition) is 2. The van der Waals surface area contributed by atoms with Crippen LogP contribution < -0.4 is 20.4 Å². The number of halogens is 1. The van der Waals surface area contributed by atoms with Crippen LogP contribution in [0.15, 0.2) is 18.2 Å². The van der Waals surface area contributed by atoms with E-state index < -0.39 is 0 Å². The number of nitrogens with one attached hydrogen (secondary N) is 2. The van der Waals surface area contributed by atoms with Gasteiger partial charge in [-0.25, -0.2) is 4.79 Å². The van der Waals surface area contributed by atoms with Crippen molar-refractivity contribution in [1.82, 2.24) is 20.3 Å². The highest BCUT2D eigenvalue weighted by Gasteiger charge is 2.21. The largest absolute Gasteiger partial charge is 0.378 e. The molecule has 2 aliphatic rings. The number of aromatic nitrogens is 3. The molecule has 1 aromatic carbocycles. The summed E-state index contributed by atoms with van der Waals surface area (Å²) in [5, 5.41) is 6.08. The molecule has 4 rings (SSSR count). The molecule has 30 heavy (non-hydrogen) atoms. The van der Waals surface area contributed by atoms with Crippen molar-refractivity contribution < 1.29 is 9.53 Å². The molecule has 10 heteroatoms. The van der Waals surface area contributed by atoms with E-state index in [0.717, 1.165) is 44.6 Å². The van der Waals surface area contributed by atoms with Crippen molar-refractivity contribution in [2.75, 3.05) is 54.5 Å². The number of amides is 2. The van der Waals surface area contributed by atoms with Gasteiger partial charge in [0.05, 0.1) is 30.5 Å². The van der Waals surface area contributed by atoms with Crippen molar-refractivity contribution in [2.24, 2.45) is 0 Å². The SMILES string of the molecule is Cc1ccc(NC(=O)NCc2nc(N3CCCC3)nc(N3CCOCC3)n2)c(Cl)c1. The van der Waals surface area contributed by atoms with Gasteiger partial charge in [-0.15, -0.1) is 0 Å². The second-order valence-corrected chi connectivity index (χ2v) is 7.84. The molecule has 2 fully saturated rings. The normalized spacial score (nSPS) is 16.6. The molecule has 160 valence electrons. The van der Waals surface area contributed by atoms with Crippen LogP contribution in [0.2, 0.25) is 5.02 Å². The lowest BCUT2D eigenvalue weighted by molar-refractivity contribution is 0.122. The van der Waals surface area contributed by atoms with E-state index in [2.05, 4.69) is 35.4 Å². The second-order valence-electron chi connectivity index (χ2n) is 7.44. The standard InChI is InChI=1S/C20H26ClN7O2/c1-14-4-5-16(15(21)12-14)23-20(29)22-13-17-24-18(27-6-2-3-7-27)26-19(25-17)28-8-10-30-11-9-28/h4-5,12H,2-3,6-11,13H2,1H3,(H2,22,23,29). The van der Waals surface area contributed by atoms with Gasteiger partial charge in [-0.2, -0.15) is 15.0 Å². The first-order valence-electron chi connectivity index (χ1n) is 10.2. The molecule has 2 amide bonds. The molecule has 9 nitrogen and oxygen atoms in total. The summed E-state index contributed by atoms with van der Waals surface area (Å²) in [6.45, 7) is 6.79. The minimum Gasteiger partial charge on any atom is -0.378 e. The topological polar surface area (TPSA) is 95.5 Å². The lowest BCUT2D eigenvalue weighted by Gasteiger charge is -2.28. The summed E-state index contributed by atoms with van der Waals surface area (Å²) < 4.78 is 5.43. The first-order chi connectivity index (χ1) is 14.6. The van der Waals surface area contributed by atoms with E-state index >= 15 is 0 Å². The number of carbonyl (C=O) groups excluding carboxylic acids is 1. The number of benzene rings is 1. The molecule has 0 unspecified atom stereocenters. The van der Waals surface area contributed by atoms with Gasteiger partial charge in [0.25, 0.3) is 0 Å². The Morgan fingerprint density at radius 1 is 1.07 bits per heavy atom. The third-order valence-electron chi connectivity index (χ3n) is 5.12. The number of nitrogens with zero attached hydrogens (tertiary/aromatic N) is 5. The van der Waals surface area contributed by atoms with Crippen LogP contribution in [0, 0.1) is 6.92 Å². The number of urea groups is 1. The van der Waals surface area contributed by atoms with Gasteiger partial charge in [-0.3, -0.25) is 0 Å². The summed E-state index contributed by atoms with van der Waals surface area (Å²) in [6, 6.07) is 5.11. The fraction of sp³-hybridized carbons (Fsp3) is 0.500. The van der Waals surface area contributed by atoms with Crippen molar-refractivity contribution >= 4 is 35.2 Å². The predicted molar refractivity (Wildman–Crippen MR) is 116 cm³/mol. The molecule has 0 aliphatic carbocycles. The zero-order chi connectivity index (χ0) is 20.9. The number of morpholine rings is 1. The number of rotatable bonds is 5. The van der Waals surface area contributed by atoms with Gasteiger partial charge in [-0.1, -0.05) is 17.7 Å². The molecular formula is C20H26ClN7O2. The molecule has 2 saturated heterocycles. The Bertz CT molecular complexity index is 899. The van der Waals surface area contributed by atoms with Crippen LogP contribution in [-0.2, 0) is 11.3 Å². The second kappa shape index (κ2) is 9.44. The Hall–Kier alpha value is -2.65. The van der Waals surface area contributed by atoms with Gasteiger partial charge in [0.15, 0.2) is 5.82 Å². The molecule has 0 radical (unpaired) electrons. The molecule has 1 aromatic heterocycles. The molecule has 0 spiro atoms. The molecule has 0 atom stereocenters. The van der Waals surface area contributed by atoms with E-state index in [-0.39, 0.29) is 12.6 Å². The van der Waals surface area contributed by atoms with Gasteiger partial charge in [-0.05, 0) is 37.5 Å². The van der Waals surface area contributed by atoms with Crippen molar-refractivity contribution in [3.8, 4) is 0 Å². The maximum absolute atomic E-state index is 12.4. The molecule has 0 bridgehead atoms. The summed E-state index contributed by atoms with van der Waals surface area (Å²) in [4.78, 5) is 30.5. The Morgan fingerprint density at radius 3 is 2.40 bits per heavy atom. The van der Waals surface area contributed by atoms with Crippen LogP contribution in [0.25, 0.3) is 0 Å². The van der Waals surface area contributed by atoms with Crippen LogP contribution in [0.3, 0.4) is 0 Å². The highest BCUT2D eigenvalue weighted by atomic mass is 35.5. The molecular weight excluding hydrogens is 406 g/mol. The highest BCUT2D eigenvalue weighted by molar-refractivity contribution is 6.33. The fourth-order valence-electron chi connectivity index (χ4n) is 3.49. The van der Waals surface area contributed by atoms with E-state index in [1.165, 1.54) is 0 Å². The number of hydrogen-bond acceptors (Lipinski definition) is 7. The smallest absolute Gasteiger partial charge is 0.319 e. The van der Waals surface area contributed by atoms with Gasteiger partial charge >= 0.3 is 6.03 Å². The summed E-state index contributed by atoms with van der Waals surface area (Å²) in [6.07, 6.45) is 2.26. The van der Waals surface area contributed by atoms with Crippen LogP contribution in [-0.4, -0.2) is 60.4 Å². The van der Waals surface area contributed by atoms with E-state index in [9.17, 15) is 4.79 Å². The molecule has 2 aliphatic heterocycles. The lowest BCUT2D eigenvalue weighted by Crippen LogP contribution is -2.38. The van der Waals surface area contributed by atoms with Crippen LogP contribution >= 0.6 is 11.6 Å². The van der Waals surface area contributed by atoms with Gasteiger partial charge in [0.2, 0.25) is 11.9 Å². The average molecular weight is 432 g/mol. The van der Waals surface area contributed by atoms with Gasteiger partial charge in [0.1, 0.15) is 0 Å². The van der Waals surface area contributed by atoms with Crippen molar-refractivity contribution in [3.05, 3.63) is 34.6 Å². The first kappa shape index (κ1) is 20.6. The summed E-state index contributed by atoms with van der Waals surface area (Å²) in [5.41, 5.74) is 1.59. The zero-order valence-corrected chi connectivity index (χ0v) is 17.8. The minimum absolute atomic E-state index is 0.190. The van der Waals surface area contributed by atoms with Crippen LogP contribution in [0.1, 0.15) is 24.2 Å². The number of carbonyl (C=O) groups is 1. The maximum atomic E-state index is 12.4. The minimum atomic E-state index is -0.364. The number of aryl methyl sites for hydroxylation is 1. The highest BCUT2D eigenvalue weighted by Crippen LogP contribution is 2.23. The third-order valence-corrected chi connectivity index (χ3v) is 5.43. The Morgan fingerprint density at radius 2 is 1.73 bits per heavy atom. The quantitative estimate of drug-likeness (QED) is 0.751. The Labute approximate surface area is 180 Å². The van der Waals surface area contributed by atoms with E-state index in [0.29, 0.717) is 41.6 Å². The summed E-state index contributed by atoms with van der Waals surface area (Å²) in [5.74, 6) is 1.83. The van der Waals surface area contributed by atoms with E-state index in [4.69, 9.17) is 16.3 Å². The van der Waals surface area contributed by atoms with E-state index in [1.54, 1.807) is 12.1 Å². The Kier molecular flexibility index (Phi) is 6.49. The monoisotopic (exact) mass is 431 g/mol. The molecule has 3 heterocycles. The molecule has 2 aromatic rings. The first-order valence-corrected chi connectivity index (χ1v) is 10.6. The Balaban J connectivity index is 1.46. The van der Waals surface area contributed by atoms with Gasteiger partial charge in [0, 0.05) is 26.2 Å². The molecule has 0 saturated carbocycles. The lowest BCUT2D eigenvalue weighted by atomic mass is 10.2. The van der Waals surface area contributed by atoms with Crippen LogP contribution in [0.4, 0.5) is 22.4 Å². The third kappa shape index (κ3) is 5.09. The molecule has 2 N–H and O–H groups in total. The van der Waals surface area contributed by atoms with Crippen molar-refractivity contribution in [3.63, 3.8) is 0 Å². The van der Waals surface area contributed by atoms with Crippen molar-refractivity contribution in [2.45, 2.75) is 26.3 Å². The van der Waals surface area contributed by atoms with Crippen LogP contribution in [0.5, 0.6) is 0 Å². The number of anilines is 3. The predicted octanol–water partition coefficient (Wildman–Crippen LogP) is 2.59. The maximum Gasteiger partial charge on any atom is 0.319 e. The average Bonchev–Trinajstić information content (AvgIpc) is 3.30. The fourth-order valence-corrected chi connectivity index (χ4v) is 3.77.